The number of hydrogen-bond acceptors (Lipinski definition) is 9. The molecule has 1 saturated carbocycles. The van der Waals surface area contributed by atoms with Gasteiger partial charge in [0.25, 0.3) is 0 Å². The van der Waals surface area contributed by atoms with E-state index < -0.39 is 29.4 Å². The average Bonchev–Trinajstić information content (AvgIpc) is 3.23. The van der Waals surface area contributed by atoms with E-state index >= 15 is 0 Å². The molecule has 5 unspecified atom stereocenters. The minimum Gasteiger partial charge on any atom is -0.460 e. The van der Waals surface area contributed by atoms with Crippen molar-refractivity contribution in [2.75, 3.05) is 26.2 Å². The molecule has 58 heavy (non-hydrogen) atoms. The summed E-state index contributed by atoms with van der Waals surface area (Å²) in [6.45, 7) is 1.94. The molecule has 2 bridgehead atoms. The van der Waals surface area contributed by atoms with Gasteiger partial charge in [0, 0.05) is 31.6 Å². The molecule has 7 rings (SSSR count). The Morgan fingerprint density at radius 2 is 1.33 bits per heavy atom. The van der Waals surface area contributed by atoms with E-state index in [-0.39, 0.29) is 61.6 Å². The third-order valence-electron chi connectivity index (χ3n) is 12.1. The van der Waals surface area contributed by atoms with Crippen molar-refractivity contribution in [2.45, 2.75) is 114 Å². The molecule has 1 aliphatic carbocycles. The van der Waals surface area contributed by atoms with Gasteiger partial charge in [-0.2, -0.15) is 0 Å². The summed E-state index contributed by atoms with van der Waals surface area (Å²) < 4.78 is 5.51. The van der Waals surface area contributed by atoms with Crippen LogP contribution in [0, 0.1) is 5.41 Å². The fourth-order valence-corrected chi connectivity index (χ4v) is 8.90. The van der Waals surface area contributed by atoms with Crippen LogP contribution in [0.15, 0.2) is 91.0 Å². The number of ketones is 1. The zero-order chi connectivity index (χ0) is 40.9. The van der Waals surface area contributed by atoms with E-state index in [0.29, 0.717) is 58.2 Å². The number of benzene rings is 3. The molecule has 3 aromatic rings. The quantitative estimate of drug-likeness (QED) is 0.0979. The highest BCUT2D eigenvalue weighted by atomic mass is 16.5. The van der Waals surface area contributed by atoms with Gasteiger partial charge in [-0.25, -0.2) is 0 Å². The molecule has 3 aliphatic heterocycles. The van der Waals surface area contributed by atoms with Crippen molar-refractivity contribution in [2.24, 2.45) is 16.9 Å². The number of carbonyl (C=O) groups excluding carboxylic acids is 5. The number of piperidine rings is 1. The molecule has 3 saturated heterocycles. The second kappa shape index (κ2) is 20.7. The summed E-state index contributed by atoms with van der Waals surface area (Å²) in [5.41, 5.74) is 13.9. The lowest BCUT2D eigenvalue weighted by Crippen LogP contribution is -2.72. The number of fused-ring (bicyclic) bond motifs is 2. The molecule has 5 atom stereocenters. The maximum Gasteiger partial charge on any atom is 0.320 e. The SMILES string of the molecule is NCCCCC(NC(=O)C1(CC(=O)C(Cc2ccccc2)NC(=O)C(N)Cc2ccccc2)CCCCC1)C(=O)N1C2CC1CN(CC(=O)OCc1ccccc1)C2. The van der Waals surface area contributed by atoms with Gasteiger partial charge in [0.1, 0.15) is 12.6 Å². The number of rotatable bonds is 20. The number of piperazine rings is 1. The van der Waals surface area contributed by atoms with E-state index in [0.717, 1.165) is 42.4 Å². The molecule has 3 amide bonds. The topological polar surface area (TPSA) is 177 Å². The molecule has 3 aromatic carbocycles. The van der Waals surface area contributed by atoms with Crippen molar-refractivity contribution >= 4 is 29.5 Å². The summed E-state index contributed by atoms with van der Waals surface area (Å²) in [6.07, 6.45) is 6.72. The van der Waals surface area contributed by atoms with Gasteiger partial charge in [-0.05, 0) is 74.6 Å². The van der Waals surface area contributed by atoms with Crippen LogP contribution in [0.25, 0.3) is 0 Å². The summed E-state index contributed by atoms with van der Waals surface area (Å²) in [6, 6.07) is 25.9. The maximum absolute atomic E-state index is 14.6. The van der Waals surface area contributed by atoms with Crippen molar-refractivity contribution in [3.05, 3.63) is 108 Å². The number of amides is 3. The fourth-order valence-electron chi connectivity index (χ4n) is 8.90. The van der Waals surface area contributed by atoms with E-state index in [9.17, 15) is 24.0 Å². The molecule has 4 aliphatic rings. The number of nitrogens with one attached hydrogen (secondary N) is 2. The Morgan fingerprint density at radius 3 is 1.93 bits per heavy atom. The minimum atomic E-state index is -1.02. The van der Waals surface area contributed by atoms with Crippen LogP contribution >= 0.6 is 0 Å². The third-order valence-corrected chi connectivity index (χ3v) is 12.1. The first kappa shape index (κ1) is 42.7. The third kappa shape index (κ3) is 11.4. The van der Waals surface area contributed by atoms with Gasteiger partial charge in [-0.1, -0.05) is 110 Å². The van der Waals surface area contributed by atoms with Crippen LogP contribution in [0.1, 0.15) is 80.9 Å². The molecule has 0 aromatic heterocycles. The first-order valence-corrected chi connectivity index (χ1v) is 21.1. The highest BCUT2D eigenvalue weighted by molar-refractivity contribution is 5.97. The van der Waals surface area contributed by atoms with Crippen molar-refractivity contribution < 1.29 is 28.7 Å². The molecule has 3 heterocycles. The van der Waals surface area contributed by atoms with Gasteiger partial charge >= 0.3 is 5.97 Å². The zero-order valence-electron chi connectivity index (χ0n) is 33.6. The van der Waals surface area contributed by atoms with Crippen LogP contribution in [0.4, 0.5) is 0 Å². The summed E-state index contributed by atoms with van der Waals surface area (Å²) in [5, 5.41) is 6.12. The Balaban J connectivity index is 1.11. The Labute approximate surface area is 342 Å². The lowest BCUT2D eigenvalue weighted by Gasteiger charge is -2.57. The predicted octanol–water partition coefficient (Wildman–Crippen LogP) is 3.84. The Kier molecular flexibility index (Phi) is 15.2. The van der Waals surface area contributed by atoms with Crippen LogP contribution in [-0.2, 0) is 48.2 Å². The number of unbranched alkanes of at least 4 members (excludes halogenated alkanes) is 1. The first-order valence-electron chi connectivity index (χ1n) is 21.1. The number of ether oxygens (including phenoxy) is 1. The highest BCUT2D eigenvalue weighted by Crippen LogP contribution is 2.41. The monoisotopic (exact) mass is 792 g/mol. The van der Waals surface area contributed by atoms with Crippen molar-refractivity contribution in [1.29, 1.82) is 0 Å². The smallest absolute Gasteiger partial charge is 0.320 e. The molecule has 4 fully saturated rings. The average molecular weight is 793 g/mol. The van der Waals surface area contributed by atoms with Crippen molar-refractivity contribution in [3.63, 3.8) is 0 Å². The Bertz CT molecular complexity index is 1810. The zero-order valence-corrected chi connectivity index (χ0v) is 33.6. The summed E-state index contributed by atoms with van der Waals surface area (Å²) >= 11 is 0. The van der Waals surface area contributed by atoms with Crippen molar-refractivity contribution in [1.82, 2.24) is 20.4 Å². The van der Waals surface area contributed by atoms with E-state index in [4.69, 9.17) is 16.2 Å². The number of nitrogens with zero attached hydrogens (tertiary/aromatic N) is 2. The Hall–Kier alpha value is -4.91. The molecule has 310 valence electrons. The predicted molar refractivity (Wildman–Crippen MR) is 222 cm³/mol. The van der Waals surface area contributed by atoms with E-state index in [1.807, 2.05) is 101 Å². The summed E-state index contributed by atoms with van der Waals surface area (Å²) in [4.78, 5) is 73.5. The lowest BCUT2D eigenvalue weighted by molar-refractivity contribution is -0.161. The molecule has 12 heteroatoms. The normalized spacial score (nSPS) is 20.1. The van der Waals surface area contributed by atoms with Gasteiger partial charge in [0.15, 0.2) is 5.78 Å². The minimum absolute atomic E-state index is 0.0570. The van der Waals surface area contributed by atoms with Gasteiger partial charge in [0.2, 0.25) is 17.7 Å². The number of nitrogens with two attached hydrogens (primary N) is 2. The van der Waals surface area contributed by atoms with Crippen LogP contribution in [0.3, 0.4) is 0 Å². The Morgan fingerprint density at radius 1 is 0.741 bits per heavy atom. The standard InChI is InChI=1S/C46H60N6O6/c47-24-14-11-21-39(44(56)52-36-27-37(52)30-51(29-36)31-42(54)58-32-35-19-9-3-10-20-35)50-45(57)46(22-12-4-13-23-46)28-41(53)40(26-34-17-7-2-8-18-34)49-43(55)38(48)25-33-15-5-1-6-16-33/h1-3,5-10,15-20,36-40H,4,11-14,21-32,47-48H2,(H,49,55)(H,50,57). The fraction of sp³-hybridized carbons (Fsp3) is 0.500. The maximum atomic E-state index is 14.6. The largest absolute Gasteiger partial charge is 0.460 e. The van der Waals surface area contributed by atoms with Crippen LogP contribution < -0.4 is 22.1 Å². The van der Waals surface area contributed by atoms with Crippen molar-refractivity contribution in [3.8, 4) is 0 Å². The number of Topliss-reactive ketones (excluding diaryl/α,β-unsaturated/α-hetero) is 1. The number of esters is 1. The second-order valence-corrected chi connectivity index (χ2v) is 16.5. The van der Waals surface area contributed by atoms with Gasteiger partial charge in [-0.15, -0.1) is 0 Å². The molecule has 0 spiro atoms. The van der Waals surface area contributed by atoms with E-state index in [2.05, 4.69) is 10.6 Å². The summed E-state index contributed by atoms with van der Waals surface area (Å²) in [5.74, 6) is -1.37. The molecular formula is C46H60N6O6. The van der Waals surface area contributed by atoms with Gasteiger partial charge in [-0.3, -0.25) is 28.9 Å². The first-order chi connectivity index (χ1) is 28.1. The lowest BCUT2D eigenvalue weighted by atomic mass is 9.69. The van der Waals surface area contributed by atoms with E-state index in [1.54, 1.807) is 0 Å². The molecule has 6 N–H and O–H groups in total. The van der Waals surface area contributed by atoms with Gasteiger partial charge < -0.3 is 31.7 Å². The van der Waals surface area contributed by atoms with Gasteiger partial charge in [0.05, 0.1) is 24.0 Å². The van der Waals surface area contributed by atoms with Crippen LogP contribution in [0.5, 0.6) is 0 Å². The molecule has 0 radical (unpaired) electrons. The highest BCUT2D eigenvalue weighted by Gasteiger charge is 2.50. The number of hydrogen-bond donors (Lipinski definition) is 4. The summed E-state index contributed by atoms with van der Waals surface area (Å²) in [7, 11) is 0. The number of carbonyl (C=O) groups is 5. The van der Waals surface area contributed by atoms with Crippen LogP contribution in [-0.4, -0.2) is 95.7 Å². The molecule has 12 nitrogen and oxygen atoms in total. The van der Waals surface area contributed by atoms with Crippen LogP contribution in [0.2, 0.25) is 0 Å². The molecular weight excluding hydrogens is 733 g/mol. The second-order valence-electron chi connectivity index (χ2n) is 16.5. The van der Waals surface area contributed by atoms with E-state index in [1.165, 1.54) is 0 Å².